The molecule has 7 nitrogen and oxygen atoms in total. The summed E-state index contributed by atoms with van der Waals surface area (Å²) in [5, 5.41) is 0. The Balaban J connectivity index is 2.13. The number of hydrogen-bond acceptors (Lipinski definition) is 6. The van der Waals surface area contributed by atoms with E-state index in [2.05, 4.69) is 6.58 Å². The van der Waals surface area contributed by atoms with Crippen LogP contribution in [0.4, 0.5) is 4.79 Å². The van der Waals surface area contributed by atoms with Crippen molar-refractivity contribution < 1.29 is 28.6 Å². The molecule has 156 valence electrons. The van der Waals surface area contributed by atoms with Crippen LogP contribution in [0.2, 0.25) is 0 Å². The molecule has 7 heteroatoms. The van der Waals surface area contributed by atoms with Crippen LogP contribution in [0.3, 0.4) is 0 Å². The van der Waals surface area contributed by atoms with Gasteiger partial charge in [-0.25, -0.2) is 4.79 Å². The number of methoxy groups -OCH3 is 2. The van der Waals surface area contributed by atoms with Gasteiger partial charge in [-0.1, -0.05) is 67.2 Å². The standard InChI is InChI=1S/C23H23NO6/c1-15(23(2,20(25)28-3)21(26)29-4)24-18(16-11-7-5-8-12-16)19(30-22(24)27)17-13-9-6-10-14-17/h5-14,18-19H,1H2,2-4H3/t18-,19+/m1/s1. The highest BCUT2D eigenvalue weighted by atomic mass is 16.6. The van der Waals surface area contributed by atoms with E-state index in [-0.39, 0.29) is 5.70 Å². The van der Waals surface area contributed by atoms with Gasteiger partial charge < -0.3 is 14.2 Å². The molecule has 0 aromatic heterocycles. The molecule has 0 N–H and O–H groups in total. The summed E-state index contributed by atoms with van der Waals surface area (Å²) in [6.07, 6.45) is -1.39. The van der Waals surface area contributed by atoms with Gasteiger partial charge in [0.15, 0.2) is 6.10 Å². The molecule has 1 fully saturated rings. The largest absolute Gasteiger partial charge is 0.468 e. The first-order valence-electron chi connectivity index (χ1n) is 9.32. The SMILES string of the molecule is C=C(N1C(=O)O[C@@H](c2ccccc2)[C@H]1c1ccccc1)C(C)(C(=O)OC)C(=O)OC. The van der Waals surface area contributed by atoms with Crippen LogP contribution in [0, 0.1) is 5.41 Å². The van der Waals surface area contributed by atoms with Gasteiger partial charge in [0.2, 0.25) is 5.41 Å². The first-order chi connectivity index (χ1) is 14.4. The molecule has 0 aliphatic carbocycles. The quantitative estimate of drug-likeness (QED) is 0.410. The maximum atomic E-state index is 13.0. The lowest BCUT2D eigenvalue weighted by Crippen LogP contribution is -2.46. The molecular formula is C23H23NO6. The number of benzene rings is 2. The fourth-order valence-electron chi connectivity index (χ4n) is 3.59. The number of nitrogens with zero attached hydrogens (tertiary/aromatic N) is 1. The summed E-state index contributed by atoms with van der Waals surface area (Å²) in [4.78, 5) is 39.4. The van der Waals surface area contributed by atoms with Crippen LogP contribution in [0.25, 0.3) is 0 Å². The van der Waals surface area contributed by atoms with E-state index in [1.165, 1.54) is 11.8 Å². The molecule has 0 saturated carbocycles. The van der Waals surface area contributed by atoms with Gasteiger partial charge in [-0.2, -0.15) is 0 Å². The van der Waals surface area contributed by atoms with Gasteiger partial charge in [-0.3, -0.25) is 14.5 Å². The van der Waals surface area contributed by atoms with Crippen molar-refractivity contribution in [2.24, 2.45) is 5.41 Å². The molecule has 0 spiro atoms. The molecule has 2 aromatic rings. The second-order valence-electron chi connectivity index (χ2n) is 7.00. The first-order valence-corrected chi connectivity index (χ1v) is 9.32. The van der Waals surface area contributed by atoms with Crippen LogP contribution in [-0.2, 0) is 23.8 Å². The number of carbonyl (C=O) groups excluding carboxylic acids is 3. The highest BCUT2D eigenvalue weighted by molar-refractivity contribution is 6.03. The average Bonchev–Trinajstić information content (AvgIpc) is 3.14. The summed E-state index contributed by atoms with van der Waals surface area (Å²) in [5.41, 5.74) is -0.483. The molecule has 2 atom stereocenters. The minimum Gasteiger partial charge on any atom is -0.468 e. The van der Waals surface area contributed by atoms with Gasteiger partial charge in [0.25, 0.3) is 0 Å². The minimum atomic E-state index is -1.93. The van der Waals surface area contributed by atoms with Crippen molar-refractivity contribution >= 4 is 18.0 Å². The van der Waals surface area contributed by atoms with E-state index in [1.54, 1.807) is 0 Å². The summed E-state index contributed by atoms with van der Waals surface area (Å²) >= 11 is 0. The van der Waals surface area contributed by atoms with Crippen LogP contribution in [0.5, 0.6) is 0 Å². The molecule has 30 heavy (non-hydrogen) atoms. The lowest BCUT2D eigenvalue weighted by atomic mass is 9.84. The Bertz CT molecular complexity index is 940. The monoisotopic (exact) mass is 409 g/mol. The lowest BCUT2D eigenvalue weighted by Gasteiger charge is -2.34. The molecule has 1 saturated heterocycles. The molecular weight excluding hydrogens is 386 g/mol. The van der Waals surface area contributed by atoms with Crippen molar-refractivity contribution in [1.82, 2.24) is 4.90 Å². The minimum absolute atomic E-state index is 0.0847. The molecule has 1 heterocycles. The number of cyclic esters (lactones) is 1. The second-order valence-corrected chi connectivity index (χ2v) is 7.00. The maximum Gasteiger partial charge on any atom is 0.415 e. The normalized spacial score (nSPS) is 18.5. The molecule has 0 unspecified atom stereocenters. The molecule has 2 aromatic carbocycles. The second kappa shape index (κ2) is 8.41. The average molecular weight is 409 g/mol. The predicted octanol–water partition coefficient (Wildman–Crippen LogP) is 3.79. The van der Waals surface area contributed by atoms with E-state index in [9.17, 15) is 14.4 Å². The lowest BCUT2D eigenvalue weighted by molar-refractivity contribution is -0.165. The van der Waals surface area contributed by atoms with E-state index in [0.717, 1.165) is 25.3 Å². The Hall–Kier alpha value is -3.61. The Labute approximate surface area is 174 Å². The van der Waals surface area contributed by atoms with Crippen LogP contribution in [0.1, 0.15) is 30.2 Å². The Morgan fingerprint density at radius 3 is 1.87 bits per heavy atom. The summed E-state index contributed by atoms with van der Waals surface area (Å²) < 4.78 is 15.3. The molecule has 3 rings (SSSR count). The molecule has 1 amide bonds. The first kappa shape index (κ1) is 21.1. The molecule has 1 aliphatic rings. The summed E-state index contributed by atoms with van der Waals surface area (Å²) in [7, 11) is 2.31. The van der Waals surface area contributed by atoms with Crippen molar-refractivity contribution in [3.05, 3.63) is 84.1 Å². The smallest absolute Gasteiger partial charge is 0.415 e. The van der Waals surface area contributed by atoms with E-state index in [1.807, 2.05) is 60.7 Å². The van der Waals surface area contributed by atoms with E-state index < -0.39 is 35.6 Å². The van der Waals surface area contributed by atoms with E-state index >= 15 is 0 Å². The fourth-order valence-corrected chi connectivity index (χ4v) is 3.59. The van der Waals surface area contributed by atoms with Crippen molar-refractivity contribution in [2.75, 3.05) is 14.2 Å². The third kappa shape index (κ3) is 3.43. The topological polar surface area (TPSA) is 82.1 Å². The number of ether oxygens (including phenoxy) is 3. The Morgan fingerprint density at radius 1 is 0.933 bits per heavy atom. The zero-order valence-corrected chi connectivity index (χ0v) is 17.0. The van der Waals surface area contributed by atoms with Crippen LogP contribution in [-0.4, -0.2) is 37.2 Å². The van der Waals surface area contributed by atoms with Crippen LogP contribution < -0.4 is 0 Å². The van der Waals surface area contributed by atoms with Crippen molar-refractivity contribution in [2.45, 2.75) is 19.1 Å². The van der Waals surface area contributed by atoms with E-state index in [0.29, 0.717) is 0 Å². The maximum absolute atomic E-state index is 13.0. The summed E-state index contributed by atoms with van der Waals surface area (Å²) in [6, 6.07) is 17.8. The Kier molecular flexibility index (Phi) is 5.91. The van der Waals surface area contributed by atoms with Gasteiger partial charge in [-0.15, -0.1) is 0 Å². The molecule has 0 bridgehead atoms. The van der Waals surface area contributed by atoms with Crippen molar-refractivity contribution in [3.63, 3.8) is 0 Å². The molecule has 0 radical (unpaired) electrons. The zero-order chi connectivity index (χ0) is 21.9. The summed E-state index contributed by atoms with van der Waals surface area (Å²) in [6.45, 7) is 5.24. The van der Waals surface area contributed by atoms with Gasteiger partial charge in [-0.05, 0) is 18.1 Å². The van der Waals surface area contributed by atoms with Gasteiger partial charge in [0.05, 0.1) is 14.2 Å². The van der Waals surface area contributed by atoms with Crippen molar-refractivity contribution in [1.29, 1.82) is 0 Å². The number of hydrogen-bond donors (Lipinski definition) is 0. The Morgan fingerprint density at radius 2 is 1.40 bits per heavy atom. The third-order valence-corrected chi connectivity index (χ3v) is 5.31. The fraction of sp³-hybridized carbons (Fsp3) is 0.261. The zero-order valence-electron chi connectivity index (χ0n) is 17.0. The highest BCUT2D eigenvalue weighted by Gasteiger charge is 2.55. The van der Waals surface area contributed by atoms with Gasteiger partial charge in [0.1, 0.15) is 6.04 Å². The highest BCUT2D eigenvalue weighted by Crippen LogP contribution is 2.48. The van der Waals surface area contributed by atoms with Crippen molar-refractivity contribution in [3.8, 4) is 0 Å². The number of esters is 2. The predicted molar refractivity (Wildman–Crippen MR) is 108 cm³/mol. The van der Waals surface area contributed by atoms with Gasteiger partial charge in [0, 0.05) is 5.70 Å². The van der Waals surface area contributed by atoms with Crippen LogP contribution >= 0.6 is 0 Å². The third-order valence-electron chi connectivity index (χ3n) is 5.31. The molecule has 1 aliphatic heterocycles. The van der Waals surface area contributed by atoms with Crippen LogP contribution in [0.15, 0.2) is 72.9 Å². The number of amides is 1. The number of carbonyl (C=O) groups is 3. The summed E-state index contributed by atoms with van der Waals surface area (Å²) in [5.74, 6) is -1.77. The van der Waals surface area contributed by atoms with E-state index in [4.69, 9.17) is 14.2 Å². The van der Waals surface area contributed by atoms with Gasteiger partial charge >= 0.3 is 18.0 Å². The number of rotatable bonds is 6.